The largest absolute Gasteiger partial charge is 0.459 e. The number of thiophene rings is 1. The molecule has 0 aliphatic rings. The molecule has 5 nitrogen and oxygen atoms in total. The lowest BCUT2D eigenvalue weighted by molar-refractivity contribution is -0.155. The molecule has 0 aliphatic heterocycles. The van der Waals surface area contributed by atoms with E-state index in [1.165, 1.54) is 22.2 Å². The Labute approximate surface area is 169 Å². The number of fused-ring (bicyclic) bond motifs is 1. The van der Waals surface area contributed by atoms with E-state index in [0.29, 0.717) is 10.2 Å². The summed E-state index contributed by atoms with van der Waals surface area (Å²) in [4.78, 5) is 31.3. The number of aromatic nitrogens is 2. The zero-order valence-electron chi connectivity index (χ0n) is 15.0. The van der Waals surface area contributed by atoms with E-state index in [2.05, 4.69) is 27.6 Å². The predicted octanol–water partition coefficient (Wildman–Crippen LogP) is 4.38. The summed E-state index contributed by atoms with van der Waals surface area (Å²) in [5.41, 5.74) is 1.05. The van der Waals surface area contributed by atoms with Gasteiger partial charge in [0.25, 0.3) is 5.56 Å². The maximum absolute atomic E-state index is 13.0. The van der Waals surface area contributed by atoms with Crippen molar-refractivity contribution < 1.29 is 9.53 Å². The zero-order valence-corrected chi connectivity index (χ0v) is 18.0. The molecule has 1 aromatic carbocycles. The van der Waals surface area contributed by atoms with Gasteiger partial charge in [-0.2, -0.15) is 0 Å². The first kappa shape index (κ1) is 19.0. The van der Waals surface area contributed by atoms with E-state index in [1.54, 1.807) is 20.8 Å². The second kappa shape index (κ2) is 7.11. The van der Waals surface area contributed by atoms with Crippen LogP contribution in [0.3, 0.4) is 0 Å². The number of hydrogen-bond acceptors (Lipinski definition) is 5. The van der Waals surface area contributed by atoms with Crippen LogP contribution in [-0.2, 0) is 16.1 Å². The van der Waals surface area contributed by atoms with Gasteiger partial charge in [-0.15, -0.1) is 11.3 Å². The Morgan fingerprint density at radius 1 is 1.35 bits per heavy atom. The normalized spacial score (nSPS) is 11.7. The highest BCUT2D eigenvalue weighted by Gasteiger charge is 2.20. The van der Waals surface area contributed by atoms with Crippen molar-refractivity contribution in [2.75, 3.05) is 0 Å². The summed E-state index contributed by atoms with van der Waals surface area (Å²) in [6.07, 6.45) is 1.42. The van der Waals surface area contributed by atoms with Gasteiger partial charge >= 0.3 is 5.97 Å². The molecule has 26 heavy (non-hydrogen) atoms. The summed E-state index contributed by atoms with van der Waals surface area (Å²) in [5, 5.41) is 0.556. The number of carbonyl (C=O) groups is 1. The van der Waals surface area contributed by atoms with E-state index in [1.807, 2.05) is 31.2 Å². The molecular weight excluding hydrogens is 463 g/mol. The molecule has 0 saturated heterocycles. The summed E-state index contributed by atoms with van der Waals surface area (Å²) in [5.74, 6) is -0.455. The molecule has 0 saturated carbocycles. The molecule has 3 rings (SSSR count). The lowest BCUT2D eigenvalue weighted by Gasteiger charge is -2.19. The highest BCUT2D eigenvalue weighted by atomic mass is 127. The van der Waals surface area contributed by atoms with Gasteiger partial charge in [0, 0.05) is 14.0 Å². The quantitative estimate of drug-likeness (QED) is 0.411. The highest BCUT2D eigenvalue weighted by molar-refractivity contribution is 14.1. The Hall–Kier alpha value is -1.74. The van der Waals surface area contributed by atoms with Crippen LogP contribution in [0.4, 0.5) is 0 Å². The number of carbonyl (C=O) groups excluding carboxylic acids is 1. The molecule has 0 radical (unpaired) electrons. The molecule has 0 fully saturated rings. The number of ether oxygens (including phenoxy) is 1. The molecule has 3 aromatic rings. The molecule has 2 heterocycles. The molecule has 0 unspecified atom stereocenters. The maximum Gasteiger partial charge on any atom is 0.326 e. The van der Waals surface area contributed by atoms with Gasteiger partial charge in [-0.05, 0) is 68.0 Å². The Morgan fingerprint density at radius 3 is 2.73 bits per heavy atom. The van der Waals surface area contributed by atoms with Crippen LogP contribution in [0.15, 0.2) is 35.4 Å². The minimum absolute atomic E-state index is 0.153. The number of rotatable bonds is 3. The van der Waals surface area contributed by atoms with Crippen molar-refractivity contribution in [1.82, 2.24) is 9.55 Å². The minimum atomic E-state index is -0.594. The van der Waals surface area contributed by atoms with Gasteiger partial charge in [0.15, 0.2) is 0 Å². The average molecular weight is 482 g/mol. The van der Waals surface area contributed by atoms with Gasteiger partial charge < -0.3 is 4.74 Å². The lowest BCUT2D eigenvalue weighted by atomic mass is 10.0. The Balaban J connectivity index is 2.10. The van der Waals surface area contributed by atoms with Crippen LogP contribution in [0.25, 0.3) is 21.3 Å². The van der Waals surface area contributed by atoms with Gasteiger partial charge in [0.2, 0.25) is 0 Å². The second-order valence-electron chi connectivity index (χ2n) is 6.99. The SMILES string of the molecule is Cc1sc2ncn(CC(=O)OC(C)(C)C)c(=O)c2c1-c1cccc(I)c1. The summed E-state index contributed by atoms with van der Waals surface area (Å²) in [6, 6.07) is 8.00. The first-order valence-corrected chi connectivity index (χ1v) is 10.0. The Kier molecular flexibility index (Phi) is 5.21. The first-order valence-electron chi connectivity index (χ1n) is 8.12. The van der Waals surface area contributed by atoms with E-state index < -0.39 is 11.6 Å². The Morgan fingerprint density at radius 2 is 2.08 bits per heavy atom. The van der Waals surface area contributed by atoms with Gasteiger partial charge in [0.1, 0.15) is 17.0 Å². The average Bonchev–Trinajstić information content (AvgIpc) is 2.85. The summed E-state index contributed by atoms with van der Waals surface area (Å²) in [6.45, 7) is 7.23. The molecule has 0 amide bonds. The summed E-state index contributed by atoms with van der Waals surface area (Å²) < 4.78 is 7.73. The maximum atomic E-state index is 13.0. The number of hydrogen-bond donors (Lipinski definition) is 0. The van der Waals surface area contributed by atoms with Crippen LogP contribution < -0.4 is 5.56 Å². The number of benzene rings is 1. The fourth-order valence-electron chi connectivity index (χ4n) is 2.75. The van der Waals surface area contributed by atoms with Crippen molar-refractivity contribution in [1.29, 1.82) is 0 Å². The lowest BCUT2D eigenvalue weighted by Crippen LogP contribution is -2.30. The number of esters is 1. The molecule has 2 aromatic heterocycles. The van der Waals surface area contributed by atoms with E-state index >= 15 is 0 Å². The van der Waals surface area contributed by atoms with E-state index in [9.17, 15) is 9.59 Å². The molecular formula is C19H19IN2O3S. The van der Waals surface area contributed by atoms with Crippen LogP contribution >= 0.6 is 33.9 Å². The number of halogens is 1. The van der Waals surface area contributed by atoms with Crippen molar-refractivity contribution in [2.45, 2.75) is 39.8 Å². The molecule has 0 bridgehead atoms. The van der Waals surface area contributed by atoms with E-state index in [0.717, 1.165) is 19.6 Å². The van der Waals surface area contributed by atoms with Crippen LogP contribution in [0, 0.1) is 10.5 Å². The highest BCUT2D eigenvalue weighted by Crippen LogP contribution is 2.35. The van der Waals surface area contributed by atoms with Gasteiger partial charge in [-0.1, -0.05) is 12.1 Å². The van der Waals surface area contributed by atoms with Crippen molar-refractivity contribution in [2.24, 2.45) is 0 Å². The van der Waals surface area contributed by atoms with Gasteiger partial charge in [0.05, 0.1) is 11.7 Å². The molecule has 7 heteroatoms. The zero-order chi connectivity index (χ0) is 19.1. The van der Waals surface area contributed by atoms with Crippen molar-refractivity contribution in [3.05, 3.63) is 49.4 Å². The smallest absolute Gasteiger partial charge is 0.326 e. The van der Waals surface area contributed by atoms with Crippen molar-refractivity contribution in [3.8, 4) is 11.1 Å². The van der Waals surface area contributed by atoms with Gasteiger partial charge in [-0.3, -0.25) is 14.2 Å². The topological polar surface area (TPSA) is 61.2 Å². The third-order valence-electron chi connectivity index (χ3n) is 3.69. The first-order chi connectivity index (χ1) is 12.2. The van der Waals surface area contributed by atoms with Crippen molar-refractivity contribution >= 4 is 50.1 Å². The molecule has 0 spiro atoms. The second-order valence-corrected chi connectivity index (χ2v) is 9.44. The molecule has 0 N–H and O–H groups in total. The van der Waals surface area contributed by atoms with Crippen LogP contribution in [0.1, 0.15) is 25.6 Å². The van der Waals surface area contributed by atoms with E-state index in [4.69, 9.17) is 4.74 Å². The molecule has 136 valence electrons. The third kappa shape index (κ3) is 3.98. The van der Waals surface area contributed by atoms with Crippen LogP contribution in [-0.4, -0.2) is 21.1 Å². The Bertz CT molecular complexity index is 1050. The fraction of sp³-hybridized carbons (Fsp3) is 0.316. The monoisotopic (exact) mass is 482 g/mol. The van der Waals surface area contributed by atoms with Gasteiger partial charge in [-0.25, -0.2) is 4.98 Å². The molecule has 0 atom stereocenters. The van der Waals surface area contributed by atoms with Crippen LogP contribution in [0.2, 0.25) is 0 Å². The summed E-state index contributed by atoms with van der Waals surface area (Å²) >= 11 is 3.74. The summed E-state index contributed by atoms with van der Waals surface area (Å²) in [7, 11) is 0. The number of aryl methyl sites for hydroxylation is 1. The van der Waals surface area contributed by atoms with E-state index in [-0.39, 0.29) is 12.1 Å². The predicted molar refractivity (Wildman–Crippen MR) is 113 cm³/mol. The van der Waals surface area contributed by atoms with Crippen LogP contribution in [0.5, 0.6) is 0 Å². The number of nitrogens with zero attached hydrogens (tertiary/aromatic N) is 2. The minimum Gasteiger partial charge on any atom is -0.459 e. The van der Waals surface area contributed by atoms with Crippen molar-refractivity contribution in [3.63, 3.8) is 0 Å². The third-order valence-corrected chi connectivity index (χ3v) is 5.37. The standard InChI is InChI=1S/C19H19IN2O3S/c1-11-15(12-6-5-7-13(20)8-12)16-17(26-11)21-10-22(18(16)24)9-14(23)25-19(2,3)4/h5-8,10H,9H2,1-4H3. The molecule has 0 aliphatic carbocycles. The fourth-order valence-corrected chi connectivity index (χ4v) is 4.30.